The third-order valence-electron chi connectivity index (χ3n) is 2.02. The summed E-state index contributed by atoms with van der Waals surface area (Å²) in [5.74, 6) is -0.136. The molecule has 0 aromatic heterocycles. The van der Waals surface area contributed by atoms with Gasteiger partial charge in [-0.1, -0.05) is 19.8 Å². The van der Waals surface area contributed by atoms with Crippen LogP contribution >= 0.6 is 0 Å². The summed E-state index contributed by atoms with van der Waals surface area (Å²) in [6.45, 7) is 3.99. The Hall–Kier alpha value is -0.990. The van der Waals surface area contributed by atoms with E-state index < -0.39 is 0 Å². The Kier molecular flexibility index (Phi) is 3.14. The van der Waals surface area contributed by atoms with Crippen LogP contribution in [0, 0.1) is 0 Å². The van der Waals surface area contributed by atoms with Gasteiger partial charge in [-0.25, -0.2) is 0 Å². The van der Waals surface area contributed by atoms with Crippen molar-refractivity contribution in [1.29, 1.82) is 0 Å². The van der Waals surface area contributed by atoms with Gasteiger partial charge in [0.1, 0.15) is 0 Å². The van der Waals surface area contributed by atoms with E-state index in [1.807, 2.05) is 6.92 Å². The quantitative estimate of drug-likeness (QED) is 0.592. The van der Waals surface area contributed by atoms with Crippen molar-refractivity contribution in [1.82, 2.24) is 0 Å². The molecule has 0 bridgehead atoms. The average molecular weight is 166 g/mol. The summed E-state index contributed by atoms with van der Waals surface area (Å²) in [6.07, 6.45) is 4.25. The van der Waals surface area contributed by atoms with Crippen LogP contribution in [0.5, 0.6) is 0 Å². The monoisotopic (exact) mass is 166 g/mol. The molecule has 0 saturated carbocycles. The number of allylic oxidation sites excluding steroid dienone is 1. The van der Waals surface area contributed by atoms with Crippen molar-refractivity contribution in [3.8, 4) is 0 Å². The Morgan fingerprint density at radius 1 is 1.25 bits per heavy atom. The molecule has 0 radical (unpaired) electrons. The van der Waals surface area contributed by atoms with Gasteiger partial charge in [-0.05, 0) is 19.8 Å². The Morgan fingerprint density at radius 2 is 2.00 bits per heavy atom. The third kappa shape index (κ3) is 2.00. The van der Waals surface area contributed by atoms with Gasteiger partial charge in [0.05, 0.1) is 5.70 Å². The first-order chi connectivity index (χ1) is 5.75. The number of hydrogen-bond donors (Lipinski definition) is 0. The van der Waals surface area contributed by atoms with Gasteiger partial charge < -0.3 is 0 Å². The first-order valence-electron chi connectivity index (χ1n) is 4.41. The lowest BCUT2D eigenvalue weighted by Crippen LogP contribution is -1.95. The second-order valence-corrected chi connectivity index (χ2v) is 3.03. The smallest absolute Gasteiger partial charge is 0.265 e. The fraction of sp³-hybridized carbons (Fsp3) is 0.667. The number of nitrogens with zero attached hydrogens (tertiary/aromatic N) is 2. The minimum atomic E-state index is -0.136. The third-order valence-corrected chi connectivity index (χ3v) is 2.02. The van der Waals surface area contributed by atoms with Crippen molar-refractivity contribution in [2.24, 2.45) is 10.2 Å². The van der Waals surface area contributed by atoms with E-state index in [0.29, 0.717) is 0 Å². The number of carbonyl (C=O) groups excluding carboxylic acids is 1. The lowest BCUT2D eigenvalue weighted by atomic mass is 10.1. The lowest BCUT2D eigenvalue weighted by molar-refractivity contribution is -0.114. The molecule has 1 aliphatic heterocycles. The van der Waals surface area contributed by atoms with Gasteiger partial charge in [0, 0.05) is 5.57 Å². The van der Waals surface area contributed by atoms with Crippen molar-refractivity contribution in [3.05, 3.63) is 11.3 Å². The normalized spacial score (nSPS) is 16.3. The van der Waals surface area contributed by atoms with Gasteiger partial charge in [-0.2, -0.15) is 5.11 Å². The Bertz CT molecular complexity index is 241. The maximum Gasteiger partial charge on any atom is 0.293 e. The van der Waals surface area contributed by atoms with Crippen molar-refractivity contribution < 1.29 is 4.79 Å². The Balaban J connectivity index is 2.42. The van der Waals surface area contributed by atoms with Crippen molar-refractivity contribution in [2.75, 3.05) is 0 Å². The number of carbonyl (C=O) groups is 1. The molecule has 0 spiro atoms. The molecule has 0 aromatic carbocycles. The van der Waals surface area contributed by atoms with E-state index in [0.717, 1.165) is 24.1 Å². The molecule has 1 heterocycles. The summed E-state index contributed by atoms with van der Waals surface area (Å²) in [4.78, 5) is 11.1. The summed E-state index contributed by atoms with van der Waals surface area (Å²) in [6, 6.07) is 0. The van der Waals surface area contributed by atoms with E-state index in [1.54, 1.807) is 0 Å². The van der Waals surface area contributed by atoms with Crippen LogP contribution in [-0.4, -0.2) is 5.91 Å². The van der Waals surface area contributed by atoms with Gasteiger partial charge in [0.2, 0.25) is 0 Å². The summed E-state index contributed by atoms with van der Waals surface area (Å²) in [7, 11) is 0. The van der Waals surface area contributed by atoms with Crippen molar-refractivity contribution >= 4 is 5.91 Å². The highest BCUT2D eigenvalue weighted by atomic mass is 16.2. The first-order valence-corrected chi connectivity index (χ1v) is 4.41. The standard InChI is InChI=1S/C9H14N2O/c1-3-4-5-6-8-7(2)10-11-9(8)12/h3-6H2,1-2H3. The van der Waals surface area contributed by atoms with E-state index in [1.165, 1.54) is 12.8 Å². The molecule has 0 fully saturated rings. The Labute approximate surface area is 72.6 Å². The summed E-state index contributed by atoms with van der Waals surface area (Å²) < 4.78 is 0. The van der Waals surface area contributed by atoms with E-state index >= 15 is 0 Å². The number of azo groups is 1. The summed E-state index contributed by atoms with van der Waals surface area (Å²) in [5, 5.41) is 7.22. The fourth-order valence-electron chi connectivity index (χ4n) is 1.24. The van der Waals surface area contributed by atoms with E-state index in [9.17, 15) is 4.79 Å². The summed E-state index contributed by atoms with van der Waals surface area (Å²) in [5.41, 5.74) is 1.61. The second-order valence-electron chi connectivity index (χ2n) is 3.03. The number of rotatable bonds is 4. The van der Waals surface area contributed by atoms with Gasteiger partial charge in [-0.15, -0.1) is 5.11 Å². The van der Waals surface area contributed by atoms with E-state index in [4.69, 9.17) is 0 Å². The van der Waals surface area contributed by atoms with Gasteiger partial charge in [-0.3, -0.25) is 4.79 Å². The maximum atomic E-state index is 11.1. The second kappa shape index (κ2) is 4.14. The molecule has 0 aliphatic carbocycles. The van der Waals surface area contributed by atoms with E-state index in [2.05, 4.69) is 17.2 Å². The van der Waals surface area contributed by atoms with Crippen molar-refractivity contribution in [2.45, 2.75) is 39.5 Å². The molecule has 0 aromatic rings. The van der Waals surface area contributed by atoms with Crippen LogP contribution in [0.4, 0.5) is 0 Å². The zero-order chi connectivity index (χ0) is 8.97. The zero-order valence-corrected chi connectivity index (χ0v) is 7.63. The SMILES string of the molecule is CCCCCC1=C(C)N=NC1=O. The number of unbranched alkanes of at least 4 members (excludes halogenated alkanes) is 2. The van der Waals surface area contributed by atoms with Crippen molar-refractivity contribution in [3.63, 3.8) is 0 Å². The average Bonchev–Trinajstić information content (AvgIpc) is 2.35. The zero-order valence-electron chi connectivity index (χ0n) is 7.63. The summed E-state index contributed by atoms with van der Waals surface area (Å²) >= 11 is 0. The van der Waals surface area contributed by atoms with Gasteiger partial charge in [0.15, 0.2) is 0 Å². The molecule has 0 unspecified atom stereocenters. The molecule has 66 valence electrons. The highest BCUT2D eigenvalue weighted by molar-refractivity contribution is 5.96. The first kappa shape index (κ1) is 9.10. The minimum absolute atomic E-state index is 0.136. The molecule has 12 heavy (non-hydrogen) atoms. The molecule has 0 atom stereocenters. The lowest BCUT2D eigenvalue weighted by Gasteiger charge is -1.98. The fourth-order valence-corrected chi connectivity index (χ4v) is 1.24. The largest absolute Gasteiger partial charge is 0.293 e. The molecular weight excluding hydrogens is 152 g/mol. The molecule has 1 amide bonds. The predicted molar refractivity (Wildman–Crippen MR) is 46.7 cm³/mol. The Morgan fingerprint density at radius 3 is 2.50 bits per heavy atom. The van der Waals surface area contributed by atoms with Crippen LogP contribution in [0.25, 0.3) is 0 Å². The highest BCUT2D eigenvalue weighted by Crippen LogP contribution is 2.21. The number of hydrogen-bond acceptors (Lipinski definition) is 2. The predicted octanol–water partition coefficient (Wildman–Crippen LogP) is 2.83. The van der Waals surface area contributed by atoms with Gasteiger partial charge in [0.25, 0.3) is 5.91 Å². The van der Waals surface area contributed by atoms with Crippen LogP contribution in [0.1, 0.15) is 39.5 Å². The van der Waals surface area contributed by atoms with E-state index in [-0.39, 0.29) is 5.91 Å². The topological polar surface area (TPSA) is 41.8 Å². The van der Waals surface area contributed by atoms with Crippen LogP contribution in [0.15, 0.2) is 21.5 Å². The molecule has 3 nitrogen and oxygen atoms in total. The molecule has 3 heteroatoms. The van der Waals surface area contributed by atoms with Crippen LogP contribution in [0.3, 0.4) is 0 Å². The van der Waals surface area contributed by atoms with Crippen LogP contribution in [0.2, 0.25) is 0 Å². The van der Waals surface area contributed by atoms with Crippen LogP contribution in [-0.2, 0) is 4.79 Å². The van der Waals surface area contributed by atoms with Crippen LogP contribution < -0.4 is 0 Å². The highest BCUT2D eigenvalue weighted by Gasteiger charge is 2.16. The molecule has 1 aliphatic rings. The maximum absolute atomic E-state index is 11.1. The molecule has 0 saturated heterocycles. The minimum Gasteiger partial charge on any atom is -0.265 e. The van der Waals surface area contributed by atoms with Gasteiger partial charge >= 0.3 is 0 Å². The number of amides is 1. The molecule has 1 rings (SSSR count). The molecule has 0 N–H and O–H groups in total. The molecular formula is C9H14N2O.